The van der Waals surface area contributed by atoms with E-state index in [1.54, 1.807) is 14.0 Å². The van der Waals surface area contributed by atoms with E-state index in [4.69, 9.17) is 4.74 Å². The van der Waals surface area contributed by atoms with E-state index in [-0.39, 0.29) is 6.10 Å². The topological polar surface area (TPSA) is 29.5 Å². The van der Waals surface area contributed by atoms with Crippen LogP contribution in [0.4, 0.5) is 0 Å². The molecule has 0 saturated heterocycles. The minimum Gasteiger partial charge on any atom is -0.383 e. The molecule has 0 bridgehead atoms. The number of benzene rings is 1. The Hall–Kier alpha value is -1.12. The largest absolute Gasteiger partial charge is 0.383 e. The molecule has 1 rings (SSSR count). The van der Waals surface area contributed by atoms with E-state index in [0.717, 1.165) is 5.56 Å². The molecule has 2 nitrogen and oxygen atoms in total. The van der Waals surface area contributed by atoms with Crippen molar-refractivity contribution >= 4 is 0 Å². The molecule has 0 aliphatic rings. The molecular weight excluding hydrogens is 176 g/mol. The third-order valence-electron chi connectivity index (χ3n) is 2.28. The second-order valence-corrected chi connectivity index (χ2v) is 3.46. The predicted molar refractivity (Wildman–Crippen MR) is 57.0 cm³/mol. The van der Waals surface area contributed by atoms with Gasteiger partial charge in [-0.05, 0) is 12.5 Å². The highest BCUT2D eigenvalue weighted by molar-refractivity contribution is 5.22. The first-order valence-electron chi connectivity index (χ1n) is 4.55. The Labute approximate surface area is 84.8 Å². The molecule has 1 aromatic carbocycles. The van der Waals surface area contributed by atoms with Crippen LogP contribution in [-0.4, -0.2) is 17.8 Å². The fourth-order valence-electron chi connectivity index (χ4n) is 1.45. The van der Waals surface area contributed by atoms with Gasteiger partial charge in [-0.25, -0.2) is 0 Å². The first-order chi connectivity index (χ1) is 6.61. The lowest BCUT2D eigenvalue weighted by Crippen LogP contribution is -2.31. The van der Waals surface area contributed by atoms with Crippen LogP contribution in [0.5, 0.6) is 0 Å². The van der Waals surface area contributed by atoms with Crippen molar-refractivity contribution in [1.82, 2.24) is 0 Å². The maximum absolute atomic E-state index is 9.99. The normalized spacial score (nSPS) is 17.1. The molecule has 0 saturated carbocycles. The average molecular weight is 192 g/mol. The molecule has 14 heavy (non-hydrogen) atoms. The smallest absolute Gasteiger partial charge is 0.114 e. The van der Waals surface area contributed by atoms with E-state index >= 15 is 0 Å². The summed E-state index contributed by atoms with van der Waals surface area (Å²) in [5.74, 6) is 0. The number of methoxy groups -OCH3 is 1. The molecule has 2 atom stereocenters. The first-order valence-corrected chi connectivity index (χ1v) is 4.55. The summed E-state index contributed by atoms with van der Waals surface area (Å²) >= 11 is 0. The van der Waals surface area contributed by atoms with Crippen LogP contribution in [0.3, 0.4) is 0 Å². The van der Waals surface area contributed by atoms with E-state index in [2.05, 4.69) is 6.58 Å². The standard InChI is InChI=1S/C12H16O2/c1-4-12(2,13)11(14-3)10-8-6-5-7-9-10/h4-9,11,13H,1H2,2-3H3/t11-,12?/m0/s1. The lowest BCUT2D eigenvalue weighted by molar-refractivity contribution is -0.0527. The Bertz CT molecular complexity index is 290. The van der Waals surface area contributed by atoms with Gasteiger partial charge in [0.15, 0.2) is 0 Å². The maximum atomic E-state index is 9.99. The SMILES string of the molecule is C=CC(C)(O)[C@@H](OC)c1ccccc1. The minimum absolute atomic E-state index is 0.374. The van der Waals surface area contributed by atoms with Gasteiger partial charge in [0.25, 0.3) is 0 Å². The maximum Gasteiger partial charge on any atom is 0.114 e. The predicted octanol–water partition coefficient (Wildman–Crippen LogP) is 2.31. The van der Waals surface area contributed by atoms with Crippen LogP contribution in [0, 0.1) is 0 Å². The Morgan fingerprint density at radius 3 is 2.43 bits per heavy atom. The summed E-state index contributed by atoms with van der Waals surface area (Å²) in [6.45, 7) is 5.28. The molecule has 1 N–H and O–H groups in total. The van der Waals surface area contributed by atoms with Crippen LogP contribution in [0.1, 0.15) is 18.6 Å². The highest BCUT2D eigenvalue weighted by Crippen LogP contribution is 2.29. The number of aliphatic hydroxyl groups is 1. The number of rotatable bonds is 4. The quantitative estimate of drug-likeness (QED) is 0.742. The molecule has 0 fully saturated rings. The Morgan fingerprint density at radius 2 is 2.00 bits per heavy atom. The molecule has 2 heteroatoms. The summed E-state index contributed by atoms with van der Waals surface area (Å²) in [7, 11) is 1.58. The Balaban J connectivity index is 2.99. The highest BCUT2D eigenvalue weighted by Gasteiger charge is 2.29. The van der Waals surface area contributed by atoms with Gasteiger partial charge in [0.1, 0.15) is 11.7 Å². The summed E-state index contributed by atoms with van der Waals surface area (Å²) in [6.07, 6.45) is 1.12. The summed E-state index contributed by atoms with van der Waals surface area (Å²) < 4.78 is 5.27. The fourth-order valence-corrected chi connectivity index (χ4v) is 1.45. The van der Waals surface area contributed by atoms with Crippen molar-refractivity contribution in [2.45, 2.75) is 18.6 Å². The molecule has 1 unspecified atom stereocenters. The average Bonchev–Trinajstić information content (AvgIpc) is 2.20. The van der Waals surface area contributed by atoms with Gasteiger partial charge in [-0.15, -0.1) is 6.58 Å². The van der Waals surface area contributed by atoms with Crippen molar-refractivity contribution in [1.29, 1.82) is 0 Å². The van der Waals surface area contributed by atoms with Gasteiger partial charge in [0.05, 0.1) is 0 Å². The summed E-state index contributed by atoms with van der Waals surface area (Å²) in [5, 5.41) is 9.99. The molecule has 0 aliphatic heterocycles. The molecule has 0 heterocycles. The van der Waals surface area contributed by atoms with Gasteiger partial charge in [-0.1, -0.05) is 36.4 Å². The van der Waals surface area contributed by atoms with Gasteiger partial charge < -0.3 is 9.84 Å². The number of hydrogen-bond donors (Lipinski definition) is 1. The molecule has 0 spiro atoms. The summed E-state index contributed by atoms with van der Waals surface area (Å²) in [5.41, 5.74) is -0.101. The molecule has 0 aromatic heterocycles. The van der Waals surface area contributed by atoms with Crippen molar-refractivity contribution in [3.05, 3.63) is 48.6 Å². The molecule has 0 aliphatic carbocycles. The van der Waals surface area contributed by atoms with Crippen LogP contribution >= 0.6 is 0 Å². The van der Waals surface area contributed by atoms with E-state index in [0.29, 0.717) is 0 Å². The van der Waals surface area contributed by atoms with E-state index in [9.17, 15) is 5.11 Å². The monoisotopic (exact) mass is 192 g/mol. The fraction of sp³-hybridized carbons (Fsp3) is 0.333. The van der Waals surface area contributed by atoms with E-state index in [1.165, 1.54) is 6.08 Å². The molecule has 1 aromatic rings. The van der Waals surface area contributed by atoms with E-state index < -0.39 is 5.60 Å². The van der Waals surface area contributed by atoms with Crippen LogP contribution in [0.25, 0.3) is 0 Å². The van der Waals surface area contributed by atoms with Crippen LogP contribution in [-0.2, 0) is 4.74 Å². The molecule has 76 valence electrons. The van der Waals surface area contributed by atoms with Crippen LogP contribution in [0.15, 0.2) is 43.0 Å². The lowest BCUT2D eigenvalue weighted by atomic mass is 9.93. The third-order valence-corrected chi connectivity index (χ3v) is 2.28. The lowest BCUT2D eigenvalue weighted by Gasteiger charge is -2.29. The Kier molecular flexibility index (Phi) is 3.44. The zero-order valence-corrected chi connectivity index (χ0v) is 8.60. The minimum atomic E-state index is -1.05. The van der Waals surface area contributed by atoms with Crippen molar-refractivity contribution in [2.75, 3.05) is 7.11 Å². The van der Waals surface area contributed by atoms with Gasteiger partial charge in [0, 0.05) is 7.11 Å². The first kappa shape index (κ1) is 11.0. The van der Waals surface area contributed by atoms with Crippen molar-refractivity contribution in [3.8, 4) is 0 Å². The van der Waals surface area contributed by atoms with Crippen molar-refractivity contribution < 1.29 is 9.84 Å². The van der Waals surface area contributed by atoms with Gasteiger partial charge >= 0.3 is 0 Å². The Morgan fingerprint density at radius 1 is 1.43 bits per heavy atom. The molecule has 0 radical (unpaired) electrons. The van der Waals surface area contributed by atoms with Gasteiger partial charge in [0.2, 0.25) is 0 Å². The molecular formula is C12H16O2. The van der Waals surface area contributed by atoms with Crippen molar-refractivity contribution in [2.24, 2.45) is 0 Å². The summed E-state index contributed by atoms with van der Waals surface area (Å²) in [6, 6.07) is 9.61. The van der Waals surface area contributed by atoms with Gasteiger partial charge in [-0.2, -0.15) is 0 Å². The zero-order valence-electron chi connectivity index (χ0n) is 8.60. The van der Waals surface area contributed by atoms with Gasteiger partial charge in [-0.3, -0.25) is 0 Å². The second-order valence-electron chi connectivity index (χ2n) is 3.46. The van der Waals surface area contributed by atoms with Crippen molar-refractivity contribution in [3.63, 3.8) is 0 Å². The van der Waals surface area contributed by atoms with Crippen LogP contribution < -0.4 is 0 Å². The van der Waals surface area contributed by atoms with Crippen LogP contribution in [0.2, 0.25) is 0 Å². The highest BCUT2D eigenvalue weighted by atomic mass is 16.5. The summed E-state index contributed by atoms with van der Waals surface area (Å²) in [4.78, 5) is 0. The zero-order chi connectivity index (χ0) is 10.6. The number of ether oxygens (including phenoxy) is 1. The number of hydrogen-bond acceptors (Lipinski definition) is 2. The molecule has 0 amide bonds. The third kappa shape index (κ3) is 2.22. The second kappa shape index (κ2) is 4.40. The van der Waals surface area contributed by atoms with E-state index in [1.807, 2.05) is 30.3 Å².